The highest BCUT2D eigenvalue weighted by Crippen LogP contribution is 2.39. The van der Waals surface area contributed by atoms with Crippen molar-refractivity contribution in [3.63, 3.8) is 0 Å². The van der Waals surface area contributed by atoms with E-state index in [9.17, 15) is 0 Å². The first kappa shape index (κ1) is 14.2. The molecular formula is C10H16Cl4O. The van der Waals surface area contributed by atoms with Gasteiger partial charge in [-0.1, -0.05) is 42.5 Å². The Balaban J connectivity index is 2.50. The van der Waals surface area contributed by atoms with Gasteiger partial charge in [-0.15, -0.1) is 23.2 Å². The van der Waals surface area contributed by atoms with E-state index < -0.39 is 8.85 Å². The Bertz CT molecular complexity index is 174. The van der Waals surface area contributed by atoms with E-state index >= 15 is 0 Å². The average Bonchev–Trinajstić information content (AvgIpc) is 2.15. The van der Waals surface area contributed by atoms with Crippen LogP contribution in [0.15, 0.2) is 0 Å². The van der Waals surface area contributed by atoms with E-state index in [-0.39, 0.29) is 0 Å². The summed E-state index contributed by atoms with van der Waals surface area (Å²) in [5.74, 6) is 0. The van der Waals surface area contributed by atoms with Gasteiger partial charge in [0.1, 0.15) is 4.33 Å². The topological polar surface area (TPSA) is 9.23 Å². The Morgan fingerprint density at radius 2 is 1.40 bits per heavy atom. The van der Waals surface area contributed by atoms with Gasteiger partial charge in [-0.05, 0) is 19.3 Å². The first-order chi connectivity index (χ1) is 6.91. The van der Waals surface area contributed by atoms with Gasteiger partial charge in [-0.2, -0.15) is 0 Å². The van der Waals surface area contributed by atoms with Crippen LogP contribution < -0.4 is 0 Å². The predicted molar refractivity (Wildman–Crippen MR) is 67.1 cm³/mol. The summed E-state index contributed by atoms with van der Waals surface area (Å²) in [5, 5.41) is 0. The van der Waals surface area contributed by atoms with Crippen molar-refractivity contribution < 1.29 is 4.74 Å². The van der Waals surface area contributed by atoms with Crippen molar-refractivity contribution in [2.45, 2.75) is 53.8 Å². The number of rotatable bonds is 0. The molecule has 1 saturated heterocycles. The van der Waals surface area contributed by atoms with E-state index in [1.54, 1.807) is 0 Å². The molecule has 0 N–H and O–H groups in total. The zero-order valence-electron chi connectivity index (χ0n) is 8.58. The van der Waals surface area contributed by atoms with Crippen LogP contribution in [0.2, 0.25) is 0 Å². The smallest absolute Gasteiger partial charge is 0.217 e. The molecule has 1 aliphatic rings. The van der Waals surface area contributed by atoms with Crippen molar-refractivity contribution >= 4 is 46.4 Å². The first-order valence-electron chi connectivity index (χ1n) is 5.31. The molecule has 1 rings (SSSR count). The fraction of sp³-hybridized carbons (Fsp3) is 1.00. The number of ether oxygens (including phenoxy) is 1. The molecule has 0 amide bonds. The Morgan fingerprint density at radius 3 is 2.13 bits per heavy atom. The summed E-state index contributed by atoms with van der Waals surface area (Å²) in [6, 6.07) is 0. The lowest BCUT2D eigenvalue weighted by molar-refractivity contribution is 0.0681. The van der Waals surface area contributed by atoms with E-state index in [1.165, 1.54) is 0 Å². The van der Waals surface area contributed by atoms with Crippen molar-refractivity contribution in [2.75, 3.05) is 6.61 Å². The van der Waals surface area contributed by atoms with Crippen LogP contribution in [-0.4, -0.2) is 15.5 Å². The summed E-state index contributed by atoms with van der Waals surface area (Å²) >= 11 is 24.3. The van der Waals surface area contributed by atoms with Crippen LogP contribution in [0.4, 0.5) is 0 Å². The Labute approximate surface area is 111 Å². The molecular weight excluding hydrogens is 278 g/mol. The predicted octanol–water partition coefficient (Wildman–Crippen LogP) is 5.05. The molecule has 0 aliphatic carbocycles. The highest BCUT2D eigenvalue weighted by Gasteiger charge is 2.31. The van der Waals surface area contributed by atoms with Gasteiger partial charge in [0.15, 0.2) is 0 Å². The van der Waals surface area contributed by atoms with Crippen LogP contribution >= 0.6 is 46.4 Å². The quantitative estimate of drug-likeness (QED) is 0.568. The molecule has 0 aromatic heterocycles. The fourth-order valence-electron chi connectivity index (χ4n) is 1.59. The third kappa shape index (κ3) is 6.43. The van der Waals surface area contributed by atoms with Crippen LogP contribution in [0.3, 0.4) is 0 Å². The monoisotopic (exact) mass is 292 g/mol. The average molecular weight is 294 g/mol. The lowest BCUT2D eigenvalue weighted by Gasteiger charge is -2.24. The summed E-state index contributed by atoms with van der Waals surface area (Å²) in [4.78, 5) is 0. The van der Waals surface area contributed by atoms with E-state index in [0.29, 0.717) is 19.4 Å². The van der Waals surface area contributed by atoms with Crippen molar-refractivity contribution in [3.05, 3.63) is 0 Å². The molecule has 1 nitrogen and oxygen atoms in total. The zero-order valence-corrected chi connectivity index (χ0v) is 11.6. The van der Waals surface area contributed by atoms with Crippen LogP contribution in [0, 0.1) is 0 Å². The summed E-state index contributed by atoms with van der Waals surface area (Å²) in [5.41, 5.74) is 0. The molecule has 5 heteroatoms. The van der Waals surface area contributed by atoms with Crippen LogP contribution in [0.5, 0.6) is 0 Å². The highest BCUT2D eigenvalue weighted by molar-refractivity contribution is 6.49. The Morgan fingerprint density at radius 1 is 0.733 bits per heavy atom. The minimum absolute atomic E-state index is 0.461. The fourth-order valence-corrected chi connectivity index (χ4v) is 2.39. The van der Waals surface area contributed by atoms with Gasteiger partial charge in [0.2, 0.25) is 4.52 Å². The van der Waals surface area contributed by atoms with E-state index in [0.717, 1.165) is 32.1 Å². The zero-order chi connectivity index (χ0) is 11.4. The number of hydrogen-bond donors (Lipinski definition) is 0. The van der Waals surface area contributed by atoms with Gasteiger partial charge < -0.3 is 4.74 Å². The van der Waals surface area contributed by atoms with Crippen LogP contribution in [0.25, 0.3) is 0 Å². The minimum Gasteiger partial charge on any atom is -0.347 e. The lowest BCUT2D eigenvalue weighted by atomic mass is 10.1. The SMILES string of the molecule is ClC1(Cl)CCCCCCOC(Cl)(Cl)CC1. The summed E-state index contributed by atoms with van der Waals surface area (Å²) in [6.07, 6.45) is 6.07. The number of hydrogen-bond acceptors (Lipinski definition) is 1. The molecule has 0 aromatic rings. The lowest BCUT2D eigenvalue weighted by Crippen LogP contribution is -2.23. The first-order valence-corrected chi connectivity index (χ1v) is 6.82. The summed E-state index contributed by atoms with van der Waals surface area (Å²) in [6.45, 7) is 0.602. The molecule has 0 spiro atoms. The molecule has 0 unspecified atom stereocenters. The van der Waals surface area contributed by atoms with Crippen LogP contribution in [0.1, 0.15) is 44.9 Å². The molecule has 15 heavy (non-hydrogen) atoms. The van der Waals surface area contributed by atoms with E-state index in [4.69, 9.17) is 51.1 Å². The standard InChI is InChI=1S/C10H16Cl4O/c11-9(12)5-3-1-2-4-8-15-10(13,14)7-6-9/h1-8H2. The normalized spacial score (nSPS) is 28.0. The second-order valence-corrected chi connectivity index (χ2v) is 7.06. The molecule has 0 saturated carbocycles. The van der Waals surface area contributed by atoms with Crippen molar-refractivity contribution in [1.29, 1.82) is 0 Å². The van der Waals surface area contributed by atoms with Crippen molar-refractivity contribution in [1.82, 2.24) is 0 Å². The molecule has 1 aliphatic heterocycles. The highest BCUT2D eigenvalue weighted by atomic mass is 35.5. The van der Waals surface area contributed by atoms with Gasteiger partial charge >= 0.3 is 0 Å². The van der Waals surface area contributed by atoms with Gasteiger partial charge in [-0.25, -0.2) is 0 Å². The molecule has 0 radical (unpaired) electrons. The third-order valence-electron chi connectivity index (χ3n) is 2.53. The van der Waals surface area contributed by atoms with Gasteiger partial charge in [0.05, 0.1) is 6.61 Å². The molecule has 0 atom stereocenters. The molecule has 0 aromatic carbocycles. The molecule has 0 bridgehead atoms. The van der Waals surface area contributed by atoms with Gasteiger partial charge in [0.25, 0.3) is 0 Å². The van der Waals surface area contributed by atoms with Gasteiger partial charge in [-0.3, -0.25) is 0 Å². The molecule has 1 heterocycles. The summed E-state index contributed by atoms with van der Waals surface area (Å²) < 4.78 is 3.51. The van der Waals surface area contributed by atoms with Crippen LogP contribution in [-0.2, 0) is 4.74 Å². The van der Waals surface area contributed by atoms with E-state index in [2.05, 4.69) is 0 Å². The largest absolute Gasteiger partial charge is 0.347 e. The maximum absolute atomic E-state index is 6.15. The van der Waals surface area contributed by atoms with Crippen molar-refractivity contribution in [3.8, 4) is 0 Å². The van der Waals surface area contributed by atoms with Gasteiger partial charge in [0, 0.05) is 6.42 Å². The molecule has 90 valence electrons. The number of halogens is 4. The van der Waals surface area contributed by atoms with Crippen molar-refractivity contribution in [2.24, 2.45) is 0 Å². The second kappa shape index (κ2) is 6.16. The van der Waals surface area contributed by atoms with E-state index in [1.807, 2.05) is 0 Å². The maximum Gasteiger partial charge on any atom is 0.217 e. The summed E-state index contributed by atoms with van der Waals surface area (Å²) in [7, 11) is 0. The Hall–Kier alpha value is 1.12. The maximum atomic E-state index is 6.15. The molecule has 1 fully saturated rings. The minimum atomic E-state index is -1.14. The third-order valence-corrected chi connectivity index (χ3v) is 3.88. The second-order valence-electron chi connectivity index (χ2n) is 4.01. The number of alkyl halides is 4. The Kier molecular flexibility index (Phi) is 5.83.